The Kier molecular flexibility index (Phi) is 3.42. The first-order valence-corrected chi connectivity index (χ1v) is 6.49. The van der Waals surface area contributed by atoms with Crippen molar-refractivity contribution in [2.24, 2.45) is 11.7 Å². The van der Waals surface area contributed by atoms with Gasteiger partial charge in [-0.1, -0.05) is 13.3 Å². The number of nitrogens with zero attached hydrogens (tertiary/aromatic N) is 2. The molecule has 0 saturated carbocycles. The van der Waals surface area contributed by atoms with Gasteiger partial charge in [-0.25, -0.2) is 0 Å². The van der Waals surface area contributed by atoms with Gasteiger partial charge in [0.05, 0.1) is 5.57 Å². The monoisotopic (exact) mass is 231 g/mol. The number of rotatable bonds is 1. The molecule has 3 nitrogen and oxygen atoms in total. The molecule has 1 heterocycles. The Hall–Kier alpha value is -1.43. The standard InChI is InChI=1S/C14H21N3/c1-3-10-5-4-6-12-11(7-10)9-17(2)14(16)13(12)8-15/h10H,3-7,9,16H2,1-2H3. The molecule has 0 aromatic rings. The van der Waals surface area contributed by atoms with Gasteiger partial charge >= 0.3 is 0 Å². The van der Waals surface area contributed by atoms with E-state index in [1.807, 2.05) is 11.9 Å². The van der Waals surface area contributed by atoms with E-state index in [1.165, 1.54) is 30.4 Å². The van der Waals surface area contributed by atoms with Crippen LogP contribution >= 0.6 is 0 Å². The number of allylic oxidation sites excluding steroid dienone is 2. The average molecular weight is 231 g/mol. The third-order valence-corrected chi connectivity index (χ3v) is 4.09. The highest BCUT2D eigenvalue weighted by Gasteiger charge is 2.26. The van der Waals surface area contributed by atoms with Crippen LogP contribution in [-0.4, -0.2) is 18.5 Å². The Morgan fingerprint density at radius 3 is 2.94 bits per heavy atom. The van der Waals surface area contributed by atoms with Crippen molar-refractivity contribution in [1.82, 2.24) is 4.90 Å². The van der Waals surface area contributed by atoms with E-state index in [0.717, 1.165) is 30.9 Å². The van der Waals surface area contributed by atoms with E-state index in [-0.39, 0.29) is 0 Å². The summed E-state index contributed by atoms with van der Waals surface area (Å²) in [5.74, 6) is 1.44. The van der Waals surface area contributed by atoms with Crippen LogP contribution in [0.4, 0.5) is 0 Å². The van der Waals surface area contributed by atoms with Gasteiger partial charge in [-0.15, -0.1) is 0 Å². The summed E-state index contributed by atoms with van der Waals surface area (Å²) < 4.78 is 0. The van der Waals surface area contributed by atoms with Crippen LogP contribution in [0.25, 0.3) is 0 Å². The van der Waals surface area contributed by atoms with E-state index in [0.29, 0.717) is 5.82 Å². The van der Waals surface area contributed by atoms with E-state index >= 15 is 0 Å². The van der Waals surface area contributed by atoms with Gasteiger partial charge in [0, 0.05) is 13.6 Å². The van der Waals surface area contributed by atoms with E-state index in [4.69, 9.17) is 5.73 Å². The molecule has 2 aliphatic rings. The molecule has 0 fully saturated rings. The Labute approximate surface area is 104 Å². The molecule has 0 saturated heterocycles. The van der Waals surface area contributed by atoms with Crippen molar-refractivity contribution < 1.29 is 0 Å². The zero-order valence-corrected chi connectivity index (χ0v) is 10.8. The molecular formula is C14H21N3. The molecule has 1 unspecified atom stereocenters. The van der Waals surface area contributed by atoms with E-state index in [9.17, 15) is 5.26 Å². The van der Waals surface area contributed by atoms with Crippen LogP contribution in [0.3, 0.4) is 0 Å². The third kappa shape index (κ3) is 2.17. The van der Waals surface area contributed by atoms with Crippen LogP contribution in [0.2, 0.25) is 0 Å². The molecule has 0 aromatic heterocycles. The Morgan fingerprint density at radius 2 is 2.29 bits per heavy atom. The zero-order valence-electron chi connectivity index (χ0n) is 10.8. The fourth-order valence-corrected chi connectivity index (χ4v) is 2.97. The lowest BCUT2D eigenvalue weighted by Crippen LogP contribution is -2.31. The molecule has 17 heavy (non-hydrogen) atoms. The van der Waals surface area contributed by atoms with Crippen molar-refractivity contribution in [2.45, 2.75) is 39.0 Å². The topological polar surface area (TPSA) is 53.0 Å². The molecule has 2 rings (SSSR count). The van der Waals surface area contributed by atoms with Gasteiger partial charge in [-0.05, 0) is 42.7 Å². The molecular weight excluding hydrogens is 210 g/mol. The van der Waals surface area contributed by atoms with Crippen LogP contribution in [0.5, 0.6) is 0 Å². The lowest BCUT2D eigenvalue weighted by Gasteiger charge is -2.29. The summed E-state index contributed by atoms with van der Waals surface area (Å²) in [4.78, 5) is 2.01. The molecule has 3 heteroatoms. The van der Waals surface area contributed by atoms with Crippen LogP contribution in [0.1, 0.15) is 39.0 Å². The van der Waals surface area contributed by atoms with Gasteiger partial charge < -0.3 is 10.6 Å². The molecule has 1 aliphatic carbocycles. The number of hydrogen-bond donors (Lipinski definition) is 1. The molecule has 1 aliphatic heterocycles. The molecule has 0 aromatic carbocycles. The van der Waals surface area contributed by atoms with Crippen LogP contribution < -0.4 is 5.73 Å². The zero-order chi connectivity index (χ0) is 12.4. The second-order valence-electron chi connectivity index (χ2n) is 5.18. The molecule has 0 amide bonds. The van der Waals surface area contributed by atoms with Crippen molar-refractivity contribution in [2.75, 3.05) is 13.6 Å². The molecule has 0 spiro atoms. The highest BCUT2D eigenvalue weighted by molar-refractivity contribution is 5.50. The lowest BCUT2D eigenvalue weighted by atomic mass is 9.90. The first-order chi connectivity index (χ1) is 8.17. The van der Waals surface area contributed by atoms with Crippen molar-refractivity contribution in [3.8, 4) is 6.07 Å². The maximum atomic E-state index is 9.28. The number of nitrogens with two attached hydrogens (primary N) is 1. The van der Waals surface area contributed by atoms with Crippen LogP contribution in [-0.2, 0) is 0 Å². The first-order valence-electron chi connectivity index (χ1n) is 6.49. The van der Waals surface area contributed by atoms with Crippen LogP contribution in [0, 0.1) is 17.2 Å². The molecule has 0 radical (unpaired) electrons. The van der Waals surface area contributed by atoms with Gasteiger partial charge in [-0.2, -0.15) is 5.26 Å². The fraction of sp³-hybridized carbons (Fsp3) is 0.643. The molecule has 92 valence electrons. The summed E-state index contributed by atoms with van der Waals surface area (Å²) in [6.45, 7) is 3.17. The van der Waals surface area contributed by atoms with Crippen molar-refractivity contribution in [3.63, 3.8) is 0 Å². The molecule has 1 atom stereocenters. The van der Waals surface area contributed by atoms with E-state index in [1.54, 1.807) is 0 Å². The van der Waals surface area contributed by atoms with E-state index in [2.05, 4.69) is 13.0 Å². The lowest BCUT2D eigenvalue weighted by molar-refractivity contribution is 0.407. The second kappa shape index (κ2) is 4.83. The minimum absolute atomic E-state index is 0.654. The van der Waals surface area contributed by atoms with Crippen molar-refractivity contribution >= 4 is 0 Å². The minimum Gasteiger partial charge on any atom is -0.384 e. The van der Waals surface area contributed by atoms with Gasteiger partial charge in [0.25, 0.3) is 0 Å². The normalized spacial score (nSPS) is 25.5. The third-order valence-electron chi connectivity index (χ3n) is 4.09. The van der Waals surface area contributed by atoms with Crippen LogP contribution in [0.15, 0.2) is 22.5 Å². The maximum Gasteiger partial charge on any atom is 0.117 e. The number of hydrogen-bond acceptors (Lipinski definition) is 3. The largest absolute Gasteiger partial charge is 0.384 e. The Bertz CT molecular complexity index is 412. The first kappa shape index (κ1) is 12.0. The highest BCUT2D eigenvalue weighted by Crippen LogP contribution is 2.36. The predicted molar refractivity (Wildman–Crippen MR) is 68.7 cm³/mol. The molecule has 2 N–H and O–H groups in total. The smallest absolute Gasteiger partial charge is 0.117 e. The van der Waals surface area contributed by atoms with Gasteiger partial charge in [0.1, 0.15) is 11.9 Å². The Balaban J connectivity index is 2.37. The SMILES string of the molecule is CCC1CCCC2=C(C1)CN(C)C(N)=C2C#N. The number of likely N-dealkylation sites (N-methyl/N-ethyl adjacent to an activating group) is 1. The van der Waals surface area contributed by atoms with Crippen molar-refractivity contribution in [3.05, 3.63) is 22.5 Å². The quantitative estimate of drug-likeness (QED) is 0.754. The maximum absolute atomic E-state index is 9.28. The minimum atomic E-state index is 0.654. The molecule has 0 bridgehead atoms. The summed E-state index contributed by atoms with van der Waals surface area (Å²) in [5.41, 5.74) is 9.43. The highest BCUT2D eigenvalue weighted by atomic mass is 15.2. The van der Waals surface area contributed by atoms with Crippen molar-refractivity contribution in [1.29, 1.82) is 5.26 Å². The number of nitriles is 1. The fourth-order valence-electron chi connectivity index (χ4n) is 2.97. The summed E-state index contributed by atoms with van der Waals surface area (Å²) in [6.07, 6.45) is 5.89. The van der Waals surface area contributed by atoms with E-state index < -0.39 is 0 Å². The summed E-state index contributed by atoms with van der Waals surface area (Å²) in [5, 5.41) is 9.28. The summed E-state index contributed by atoms with van der Waals surface area (Å²) >= 11 is 0. The predicted octanol–water partition coefficient (Wildman–Crippen LogP) is 2.52. The Morgan fingerprint density at radius 1 is 1.53 bits per heavy atom. The summed E-state index contributed by atoms with van der Waals surface area (Å²) in [7, 11) is 1.97. The van der Waals surface area contributed by atoms with Gasteiger partial charge in [-0.3, -0.25) is 0 Å². The second-order valence-corrected chi connectivity index (χ2v) is 5.18. The van der Waals surface area contributed by atoms with Gasteiger partial charge in [0.2, 0.25) is 0 Å². The summed E-state index contributed by atoms with van der Waals surface area (Å²) in [6, 6.07) is 2.30. The van der Waals surface area contributed by atoms with Gasteiger partial charge in [0.15, 0.2) is 0 Å². The average Bonchev–Trinajstić information content (AvgIpc) is 2.52.